The number of aliphatic hydroxyl groups is 1. The van der Waals surface area contributed by atoms with E-state index in [1.807, 2.05) is 0 Å². The van der Waals surface area contributed by atoms with Gasteiger partial charge in [-0.25, -0.2) is 0 Å². The van der Waals surface area contributed by atoms with Gasteiger partial charge < -0.3 is 14.6 Å². The highest BCUT2D eigenvalue weighted by atomic mass is 16.5. The van der Waals surface area contributed by atoms with E-state index in [2.05, 4.69) is 65.9 Å². The molecule has 3 heterocycles. The fourth-order valence-electron chi connectivity index (χ4n) is 7.05. The van der Waals surface area contributed by atoms with E-state index in [1.165, 1.54) is 48.6 Å². The topological polar surface area (TPSA) is 42.6 Å². The molecule has 36 heavy (non-hydrogen) atoms. The highest BCUT2D eigenvalue weighted by molar-refractivity contribution is 6.07. The molecular weight excluding hydrogens is 446 g/mol. The Hall–Kier alpha value is -3.37. The molecule has 1 N–H and O–H groups in total. The Labute approximate surface area is 211 Å². The lowest BCUT2D eigenvalue weighted by atomic mass is 9.77. The summed E-state index contributed by atoms with van der Waals surface area (Å²) in [7, 11) is 1.73. The Morgan fingerprint density at radius 3 is 2.72 bits per heavy atom. The third-order valence-corrected chi connectivity index (χ3v) is 8.68. The van der Waals surface area contributed by atoms with Crippen molar-refractivity contribution in [2.24, 2.45) is 0 Å². The molecular formula is C32H32NO3+. The van der Waals surface area contributed by atoms with E-state index in [1.54, 1.807) is 7.11 Å². The monoisotopic (exact) mass is 478 g/mol. The fraction of sp³-hybridized carbons (Fsp3) is 0.344. The van der Waals surface area contributed by atoms with Crippen molar-refractivity contribution < 1.29 is 19.1 Å². The number of methoxy groups -OCH3 is 1. The zero-order chi connectivity index (χ0) is 24.4. The Morgan fingerprint density at radius 2 is 1.92 bits per heavy atom. The third kappa shape index (κ3) is 3.13. The zero-order valence-electron chi connectivity index (χ0n) is 20.8. The van der Waals surface area contributed by atoms with Gasteiger partial charge >= 0.3 is 0 Å². The maximum atomic E-state index is 10.9. The first kappa shape index (κ1) is 21.9. The maximum absolute atomic E-state index is 10.9. The van der Waals surface area contributed by atoms with Crippen LogP contribution in [0.3, 0.4) is 0 Å². The Bertz CT molecular complexity index is 1530. The maximum Gasteiger partial charge on any atom is 0.228 e. The molecule has 2 atom stereocenters. The minimum atomic E-state index is -0.259. The molecule has 4 heteroatoms. The fourth-order valence-corrected chi connectivity index (χ4v) is 7.05. The second-order valence-corrected chi connectivity index (χ2v) is 10.7. The van der Waals surface area contributed by atoms with Crippen molar-refractivity contribution >= 4 is 21.5 Å². The van der Waals surface area contributed by atoms with Crippen LogP contribution in [0, 0.1) is 0 Å². The molecule has 7 rings (SSSR count). The van der Waals surface area contributed by atoms with Gasteiger partial charge in [-0.15, -0.1) is 0 Å². The number of aromatic nitrogens is 1. The Morgan fingerprint density at radius 1 is 1.08 bits per heavy atom. The first-order valence-electron chi connectivity index (χ1n) is 13.3. The molecule has 4 nitrogen and oxygen atoms in total. The summed E-state index contributed by atoms with van der Waals surface area (Å²) in [6.45, 7) is 4.63. The van der Waals surface area contributed by atoms with Gasteiger partial charge in [-0.1, -0.05) is 56.2 Å². The second-order valence-electron chi connectivity index (χ2n) is 10.7. The first-order chi connectivity index (χ1) is 17.7. The number of fused-ring (bicyclic) bond motifs is 2. The van der Waals surface area contributed by atoms with Gasteiger partial charge in [0.15, 0.2) is 12.0 Å². The number of pyridine rings is 1. The van der Waals surface area contributed by atoms with E-state index in [0.29, 0.717) is 12.5 Å². The van der Waals surface area contributed by atoms with Gasteiger partial charge in [-0.05, 0) is 59.2 Å². The number of allylic oxidation sites excluding steroid dienone is 1. The molecule has 2 aliphatic heterocycles. The number of aliphatic hydroxyl groups excluding tert-OH is 1. The van der Waals surface area contributed by atoms with Crippen molar-refractivity contribution in [3.05, 3.63) is 78.2 Å². The number of benzene rings is 3. The lowest BCUT2D eigenvalue weighted by Crippen LogP contribution is -2.49. The summed E-state index contributed by atoms with van der Waals surface area (Å²) in [4.78, 5) is 0. The van der Waals surface area contributed by atoms with Crippen LogP contribution in [0.2, 0.25) is 0 Å². The first-order valence-corrected chi connectivity index (χ1v) is 13.3. The van der Waals surface area contributed by atoms with E-state index in [-0.39, 0.29) is 17.7 Å². The summed E-state index contributed by atoms with van der Waals surface area (Å²) in [5.74, 6) is 2.68. The minimum Gasteiger partial charge on any atom is -0.506 e. The van der Waals surface area contributed by atoms with Crippen molar-refractivity contribution in [1.82, 2.24) is 0 Å². The van der Waals surface area contributed by atoms with Gasteiger partial charge in [0.05, 0.1) is 16.9 Å². The number of nitrogens with zero attached hydrogens (tertiary/aromatic N) is 1. The van der Waals surface area contributed by atoms with Crippen LogP contribution in [0.1, 0.15) is 67.5 Å². The highest BCUT2D eigenvalue weighted by Gasteiger charge is 2.46. The molecule has 0 saturated heterocycles. The van der Waals surface area contributed by atoms with E-state index >= 15 is 0 Å². The average Bonchev–Trinajstić information content (AvgIpc) is 2.91. The molecule has 4 aromatic rings. The minimum absolute atomic E-state index is 0.0300. The average molecular weight is 479 g/mol. The van der Waals surface area contributed by atoms with E-state index in [4.69, 9.17) is 9.47 Å². The van der Waals surface area contributed by atoms with Crippen molar-refractivity contribution in [3.8, 4) is 22.8 Å². The van der Waals surface area contributed by atoms with Crippen LogP contribution < -0.4 is 9.30 Å². The van der Waals surface area contributed by atoms with Gasteiger partial charge in [0.2, 0.25) is 11.7 Å². The number of hydrogen-bond donors (Lipinski definition) is 1. The van der Waals surface area contributed by atoms with Gasteiger partial charge in [0.25, 0.3) is 0 Å². The molecule has 3 aromatic carbocycles. The standard InChI is InChI=1S/C32H31NO3/c1-19(34)30-25(13-15-35-2)26-17-21-10-6-7-11-24(21)32-29(26)31-28-22(12-14-33(30)31)16-23(18-27(28)36-32)20-8-4-3-5-9-20/h6-7,10-12,14,16-18,20,25,30H,1,3-5,8-9,13,15H2,2H3/p+1. The van der Waals surface area contributed by atoms with E-state index in [0.717, 1.165) is 45.3 Å². The predicted octanol–water partition coefficient (Wildman–Crippen LogP) is 7.85. The van der Waals surface area contributed by atoms with Crippen LogP contribution in [0.15, 0.2) is 67.1 Å². The van der Waals surface area contributed by atoms with Crippen molar-refractivity contribution in [3.63, 3.8) is 0 Å². The highest BCUT2D eigenvalue weighted by Crippen LogP contribution is 2.56. The summed E-state index contributed by atoms with van der Waals surface area (Å²) in [6.07, 6.45) is 9.38. The van der Waals surface area contributed by atoms with Crippen molar-refractivity contribution in [2.75, 3.05) is 13.7 Å². The molecule has 1 saturated carbocycles. The predicted molar refractivity (Wildman–Crippen MR) is 143 cm³/mol. The molecule has 0 radical (unpaired) electrons. The van der Waals surface area contributed by atoms with Crippen LogP contribution in [0.5, 0.6) is 11.5 Å². The lowest BCUT2D eigenvalue weighted by molar-refractivity contribution is -0.711. The number of ether oxygens (including phenoxy) is 2. The summed E-state index contributed by atoms with van der Waals surface area (Å²) < 4.78 is 14.6. The van der Waals surface area contributed by atoms with Gasteiger partial charge in [0, 0.05) is 25.2 Å². The summed E-state index contributed by atoms with van der Waals surface area (Å²) >= 11 is 0. The molecule has 1 aromatic heterocycles. The summed E-state index contributed by atoms with van der Waals surface area (Å²) in [6, 6.07) is 17.4. The SMILES string of the molecule is C=C(O)C1C(CCOC)c2cc3ccccc3c3c2-c2c4c(cc(C5CCCCC5)cc4cc[n+]21)O3. The number of rotatable bonds is 5. The molecule has 0 bridgehead atoms. The van der Waals surface area contributed by atoms with Gasteiger partial charge in [-0.2, -0.15) is 4.57 Å². The van der Waals surface area contributed by atoms with Crippen LogP contribution in [-0.2, 0) is 4.74 Å². The molecule has 3 aliphatic rings. The summed E-state index contributed by atoms with van der Waals surface area (Å²) in [5.41, 5.74) is 4.88. The van der Waals surface area contributed by atoms with Crippen LogP contribution in [0.4, 0.5) is 0 Å². The molecule has 1 aliphatic carbocycles. The molecule has 2 unspecified atom stereocenters. The smallest absolute Gasteiger partial charge is 0.228 e. The molecule has 182 valence electrons. The zero-order valence-corrected chi connectivity index (χ0v) is 20.8. The van der Waals surface area contributed by atoms with E-state index in [9.17, 15) is 5.11 Å². The van der Waals surface area contributed by atoms with Crippen LogP contribution >= 0.6 is 0 Å². The third-order valence-electron chi connectivity index (χ3n) is 8.68. The van der Waals surface area contributed by atoms with Crippen molar-refractivity contribution in [1.29, 1.82) is 0 Å². The number of hydrogen-bond acceptors (Lipinski definition) is 3. The molecule has 0 amide bonds. The van der Waals surface area contributed by atoms with E-state index < -0.39 is 0 Å². The molecule has 0 spiro atoms. The van der Waals surface area contributed by atoms with Gasteiger partial charge in [-0.3, -0.25) is 0 Å². The van der Waals surface area contributed by atoms with Crippen molar-refractivity contribution in [2.45, 2.75) is 56.4 Å². The van der Waals surface area contributed by atoms with Crippen LogP contribution in [0.25, 0.3) is 32.8 Å². The summed E-state index contributed by atoms with van der Waals surface area (Å²) in [5, 5.41) is 15.5. The Kier molecular flexibility index (Phi) is 5.07. The molecule has 1 fully saturated rings. The van der Waals surface area contributed by atoms with Crippen LogP contribution in [-0.4, -0.2) is 18.8 Å². The Balaban J connectivity index is 1.55. The lowest BCUT2D eigenvalue weighted by Gasteiger charge is -2.34. The normalized spacial score (nSPS) is 20.5. The quantitative estimate of drug-likeness (QED) is 0.207. The largest absolute Gasteiger partial charge is 0.506 e. The van der Waals surface area contributed by atoms with Gasteiger partial charge in [0.1, 0.15) is 11.5 Å². The second kappa shape index (κ2) is 8.35.